The molecule has 0 saturated heterocycles. The van der Waals surface area contributed by atoms with Crippen molar-refractivity contribution >= 4 is 44.9 Å². The Hall–Kier alpha value is -3.59. The number of benzene rings is 2. The van der Waals surface area contributed by atoms with Gasteiger partial charge in [-0.3, -0.25) is 4.79 Å². The van der Waals surface area contributed by atoms with Crippen LogP contribution in [0.25, 0.3) is 10.9 Å². The van der Waals surface area contributed by atoms with Gasteiger partial charge in [0, 0.05) is 17.1 Å². The second-order valence-electron chi connectivity index (χ2n) is 6.41. The number of rotatable bonds is 4. The SMILES string of the molecule is Cc1ccc(O)c(C)c1NC(=O)c1cnc(Nc2ncc3cc(F)ccc3n2)s1. The third-order valence-corrected chi connectivity index (χ3v) is 5.28. The molecule has 4 aromatic rings. The normalized spacial score (nSPS) is 10.9. The minimum absolute atomic E-state index is 0.117. The first kappa shape index (κ1) is 18.8. The molecule has 0 fully saturated rings. The van der Waals surface area contributed by atoms with Crippen molar-refractivity contribution in [2.24, 2.45) is 0 Å². The van der Waals surface area contributed by atoms with Crippen molar-refractivity contribution in [1.82, 2.24) is 15.0 Å². The van der Waals surface area contributed by atoms with Gasteiger partial charge in [0.2, 0.25) is 5.95 Å². The summed E-state index contributed by atoms with van der Waals surface area (Å²) in [4.78, 5) is 25.6. The number of fused-ring (bicyclic) bond motifs is 1. The molecule has 2 heterocycles. The summed E-state index contributed by atoms with van der Waals surface area (Å²) in [6, 6.07) is 7.58. The topological polar surface area (TPSA) is 100 Å². The lowest BCUT2D eigenvalue weighted by Crippen LogP contribution is -2.12. The maximum atomic E-state index is 13.3. The fourth-order valence-electron chi connectivity index (χ4n) is 2.80. The van der Waals surface area contributed by atoms with Gasteiger partial charge in [0.05, 0.1) is 17.4 Å². The number of phenols is 1. The van der Waals surface area contributed by atoms with Gasteiger partial charge >= 0.3 is 0 Å². The zero-order valence-corrected chi connectivity index (χ0v) is 16.3. The highest BCUT2D eigenvalue weighted by atomic mass is 32.1. The fourth-order valence-corrected chi connectivity index (χ4v) is 3.51. The van der Waals surface area contributed by atoms with Crippen molar-refractivity contribution < 1.29 is 14.3 Å². The van der Waals surface area contributed by atoms with E-state index in [0.717, 1.165) is 16.9 Å². The minimum atomic E-state index is -0.352. The molecule has 0 unspecified atom stereocenters. The number of thiazole rings is 1. The Kier molecular flexibility index (Phi) is 4.81. The summed E-state index contributed by atoms with van der Waals surface area (Å²) in [6.07, 6.45) is 2.97. The Morgan fingerprint density at radius 3 is 2.79 bits per heavy atom. The van der Waals surface area contributed by atoms with Crippen LogP contribution in [-0.4, -0.2) is 26.0 Å². The molecule has 0 radical (unpaired) electrons. The number of hydrogen-bond donors (Lipinski definition) is 3. The van der Waals surface area contributed by atoms with Crippen LogP contribution in [0.15, 0.2) is 42.7 Å². The van der Waals surface area contributed by atoms with Crippen LogP contribution in [0.4, 0.5) is 21.2 Å². The summed E-state index contributed by atoms with van der Waals surface area (Å²) in [5, 5.41) is 16.7. The Morgan fingerprint density at radius 1 is 1.14 bits per heavy atom. The van der Waals surface area contributed by atoms with E-state index in [-0.39, 0.29) is 17.5 Å². The van der Waals surface area contributed by atoms with Gasteiger partial charge in [-0.05, 0) is 43.7 Å². The first-order valence-corrected chi connectivity index (χ1v) is 9.48. The average molecular weight is 409 g/mol. The predicted octanol–water partition coefficient (Wildman–Crippen LogP) is 4.54. The number of carbonyl (C=O) groups is 1. The van der Waals surface area contributed by atoms with Crippen molar-refractivity contribution in [3.63, 3.8) is 0 Å². The number of amides is 1. The lowest BCUT2D eigenvalue weighted by molar-refractivity contribution is 0.103. The van der Waals surface area contributed by atoms with Crippen LogP contribution in [0, 0.1) is 19.7 Å². The van der Waals surface area contributed by atoms with E-state index in [9.17, 15) is 14.3 Å². The maximum absolute atomic E-state index is 13.3. The fraction of sp³-hybridized carbons (Fsp3) is 0.100. The van der Waals surface area contributed by atoms with Crippen molar-refractivity contribution in [3.8, 4) is 5.75 Å². The van der Waals surface area contributed by atoms with Gasteiger partial charge < -0.3 is 15.7 Å². The van der Waals surface area contributed by atoms with Crippen LogP contribution >= 0.6 is 11.3 Å². The van der Waals surface area contributed by atoms with Gasteiger partial charge in [-0.2, -0.15) is 0 Å². The molecule has 7 nitrogen and oxygen atoms in total. The third kappa shape index (κ3) is 3.85. The molecule has 0 aliphatic heterocycles. The summed E-state index contributed by atoms with van der Waals surface area (Å²) in [6.45, 7) is 3.59. The van der Waals surface area contributed by atoms with Crippen molar-refractivity contribution in [2.45, 2.75) is 13.8 Å². The van der Waals surface area contributed by atoms with Crippen LogP contribution in [0.2, 0.25) is 0 Å². The molecule has 0 saturated carbocycles. The molecule has 0 atom stereocenters. The highest BCUT2D eigenvalue weighted by molar-refractivity contribution is 7.17. The predicted molar refractivity (Wildman–Crippen MR) is 110 cm³/mol. The molecule has 0 aliphatic rings. The van der Waals surface area contributed by atoms with Gasteiger partial charge in [0.1, 0.15) is 16.4 Å². The van der Waals surface area contributed by atoms with Crippen LogP contribution in [0.3, 0.4) is 0 Å². The molecule has 146 valence electrons. The lowest BCUT2D eigenvalue weighted by Gasteiger charge is -2.11. The Morgan fingerprint density at radius 2 is 1.97 bits per heavy atom. The number of halogens is 1. The van der Waals surface area contributed by atoms with Gasteiger partial charge in [0.25, 0.3) is 5.91 Å². The molecule has 9 heteroatoms. The number of nitrogens with one attached hydrogen (secondary N) is 2. The summed E-state index contributed by atoms with van der Waals surface area (Å²) >= 11 is 1.14. The Labute approximate surface area is 169 Å². The lowest BCUT2D eigenvalue weighted by atomic mass is 10.1. The van der Waals surface area contributed by atoms with Crippen LogP contribution in [-0.2, 0) is 0 Å². The van der Waals surface area contributed by atoms with E-state index in [1.807, 2.05) is 6.92 Å². The smallest absolute Gasteiger partial charge is 0.267 e. The number of anilines is 3. The molecule has 0 bridgehead atoms. The van der Waals surface area contributed by atoms with E-state index in [4.69, 9.17) is 0 Å². The highest BCUT2D eigenvalue weighted by Crippen LogP contribution is 2.29. The number of hydrogen-bond acceptors (Lipinski definition) is 7. The number of nitrogens with zero attached hydrogens (tertiary/aromatic N) is 3. The standard InChI is InChI=1S/C20H16FN5O2S/c1-10-3-6-15(27)11(2)17(10)25-18(28)16-9-23-20(29-16)26-19-22-8-12-7-13(21)4-5-14(12)24-19/h3-9,27H,1-2H3,(H,25,28)(H,22,23,24,26). The van der Waals surface area contributed by atoms with Crippen molar-refractivity contribution in [3.05, 3.63) is 64.5 Å². The summed E-state index contributed by atoms with van der Waals surface area (Å²) < 4.78 is 13.3. The molecular weight excluding hydrogens is 393 g/mol. The van der Waals surface area contributed by atoms with Crippen LogP contribution in [0.5, 0.6) is 5.75 Å². The Balaban J connectivity index is 1.52. The number of carbonyl (C=O) groups excluding carboxylic acids is 1. The Bertz CT molecular complexity index is 1240. The maximum Gasteiger partial charge on any atom is 0.267 e. The number of aromatic nitrogens is 3. The average Bonchev–Trinajstić information content (AvgIpc) is 3.17. The molecule has 0 aliphatic carbocycles. The van der Waals surface area contributed by atoms with Crippen molar-refractivity contribution in [2.75, 3.05) is 10.6 Å². The van der Waals surface area contributed by atoms with Gasteiger partial charge in [-0.15, -0.1) is 0 Å². The zero-order valence-electron chi connectivity index (χ0n) is 15.5. The molecule has 2 aromatic heterocycles. The molecule has 1 amide bonds. The number of aromatic hydroxyl groups is 1. The van der Waals surface area contributed by atoms with E-state index < -0.39 is 0 Å². The van der Waals surface area contributed by atoms with Gasteiger partial charge in [0.15, 0.2) is 5.13 Å². The molecule has 0 spiro atoms. The quantitative estimate of drug-likeness (QED) is 0.457. The molecule has 4 rings (SSSR count). The zero-order chi connectivity index (χ0) is 20.5. The highest BCUT2D eigenvalue weighted by Gasteiger charge is 2.15. The first-order valence-electron chi connectivity index (χ1n) is 8.66. The molecule has 2 aromatic carbocycles. The summed E-state index contributed by atoms with van der Waals surface area (Å²) in [5.74, 6) is -0.271. The van der Waals surface area contributed by atoms with Gasteiger partial charge in [-0.25, -0.2) is 19.3 Å². The first-order chi connectivity index (χ1) is 13.9. The van der Waals surface area contributed by atoms with Crippen LogP contribution in [0.1, 0.15) is 20.8 Å². The van der Waals surface area contributed by atoms with Crippen LogP contribution < -0.4 is 10.6 Å². The van der Waals surface area contributed by atoms with Crippen molar-refractivity contribution in [1.29, 1.82) is 0 Å². The number of aryl methyl sites for hydroxylation is 1. The van der Waals surface area contributed by atoms with Gasteiger partial charge in [-0.1, -0.05) is 17.4 Å². The van der Waals surface area contributed by atoms with E-state index >= 15 is 0 Å². The van der Waals surface area contributed by atoms with E-state index in [0.29, 0.717) is 38.1 Å². The monoisotopic (exact) mass is 409 g/mol. The minimum Gasteiger partial charge on any atom is -0.508 e. The van der Waals surface area contributed by atoms with E-state index in [2.05, 4.69) is 25.6 Å². The number of phenolic OH excluding ortho intramolecular Hbond substituents is 1. The second-order valence-corrected chi connectivity index (χ2v) is 7.44. The van der Waals surface area contributed by atoms with E-state index in [1.165, 1.54) is 24.5 Å². The molecule has 29 heavy (non-hydrogen) atoms. The van der Waals surface area contributed by atoms with E-state index in [1.54, 1.807) is 25.1 Å². The molecular formula is C20H16FN5O2S. The second kappa shape index (κ2) is 7.44. The largest absolute Gasteiger partial charge is 0.508 e. The summed E-state index contributed by atoms with van der Waals surface area (Å²) in [5.41, 5.74) is 2.61. The third-order valence-electron chi connectivity index (χ3n) is 4.37. The molecule has 3 N–H and O–H groups in total. The summed E-state index contributed by atoms with van der Waals surface area (Å²) in [7, 11) is 0.